The quantitative estimate of drug-likeness (QED) is 0.350. The third-order valence-electron chi connectivity index (χ3n) is 1.68. The first-order valence-electron chi connectivity index (χ1n) is 4.99. The fourth-order valence-corrected chi connectivity index (χ4v) is 2.64. The summed E-state index contributed by atoms with van der Waals surface area (Å²) in [6, 6.07) is 10.0. The predicted octanol–water partition coefficient (Wildman–Crippen LogP) is 2.14. The van der Waals surface area contributed by atoms with Crippen LogP contribution in [0, 0.1) is 0 Å². The van der Waals surface area contributed by atoms with Gasteiger partial charge in [0.25, 0.3) is 0 Å². The topological polar surface area (TPSA) is 18.5 Å². The van der Waals surface area contributed by atoms with E-state index in [9.17, 15) is 0 Å². The van der Waals surface area contributed by atoms with E-state index >= 15 is 0 Å². The van der Waals surface area contributed by atoms with Gasteiger partial charge in [0.2, 0.25) is 8.11 Å². The Morgan fingerprint density at radius 2 is 1.80 bits per heavy atom. The molecule has 0 spiro atoms. The first-order valence-corrected chi connectivity index (χ1v) is 8.12. The lowest BCUT2D eigenvalue weighted by atomic mass is 10.2. The van der Waals surface area contributed by atoms with E-state index in [0.717, 1.165) is 0 Å². The highest BCUT2D eigenvalue weighted by Gasteiger charge is 2.15. The van der Waals surface area contributed by atoms with Gasteiger partial charge in [-0.1, -0.05) is 30.3 Å². The van der Waals surface area contributed by atoms with Gasteiger partial charge in [0.1, 0.15) is 0 Å². The predicted molar refractivity (Wildman–Crippen MR) is 65.9 cm³/mol. The zero-order valence-corrected chi connectivity index (χ0v) is 11.3. The summed E-state index contributed by atoms with van der Waals surface area (Å²) in [5.74, 6) is 0. The molecule has 0 aliphatic heterocycles. The molecule has 2 nitrogen and oxygen atoms in total. The first-order chi connectivity index (χ1) is 6.99. The highest BCUT2D eigenvalue weighted by molar-refractivity contribution is 7.14. The summed E-state index contributed by atoms with van der Waals surface area (Å²) < 4.78 is 0. The molecular formula is C11H17ClO2Si. The number of hydrogen-bond donors (Lipinski definition) is 0. The lowest BCUT2D eigenvalue weighted by Gasteiger charge is -2.18. The maximum Gasteiger partial charge on any atom is 0.201 e. The summed E-state index contributed by atoms with van der Waals surface area (Å²) in [7, 11) is -1.52. The molecule has 0 saturated carbocycles. The van der Waals surface area contributed by atoms with Crippen molar-refractivity contribution in [3.05, 3.63) is 30.3 Å². The van der Waals surface area contributed by atoms with Crippen LogP contribution in [-0.2, 0) is 9.78 Å². The molecule has 15 heavy (non-hydrogen) atoms. The fourth-order valence-electron chi connectivity index (χ4n) is 1.03. The molecule has 0 fully saturated rings. The van der Waals surface area contributed by atoms with Crippen LogP contribution in [0.5, 0.6) is 0 Å². The Morgan fingerprint density at radius 3 is 2.33 bits per heavy atom. The van der Waals surface area contributed by atoms with Gasteiger partial charge in [0.15, 0.2) is 0 Å². The normalized spacial score (nSPS) is 13.9. The zero-order valence-electron chi connectivity index (χ0n) is 9.37. The Balaban J connectivity index is 2.34. The van der Waals surface area contributed by atoms with Crippen LogP contribution in [0.3, 0.4) is 0 Å². The lowest BCUT2D eigenvalue weighted by molar-refractivity contribution is -0.337. The fraction of sp³-hybridized carbons (Fsp3) is 0.455. The van der Waals surface area contributed by atoms with Crippen LogP contribution in [0.4, 0.5) is 0 Å². The van der Waals surface area contributed by atoms with Gasteiger partial charge < -0.3 is 0 Å². The molecule has 0 amide bonds. The Bertz CT molecular complexity index is 284. The van der Waals surface area contributed by atoms with Crippen molar-refractivity contribution in [1.29, 1.82) is 0 Å². The number of rotatable bonds is 4. The summed E-state index contributed by atoms with van der Waals surface area (Å²) in [6.07, 6.45) is 0.489. The molecule has 0 bridgehead atoms. The summed E-state index contributed by atoms with van der Waals surface area (Å²) in [5.41, 5.74) is -0.276. The summed E-state index contributed by atoms with van der Waals surface area (Å²) in [6.45, 7) is 5.83. The molecule has 0 saturated heterocycles. The molecule has 1 atom stereocenters. The van der Waals surface area contributed by atoms with Crippen molar-refractivity contribution in [1.82, 2.24) is 0 Å². The van der Waals surface area contributed by atoms with Crippen LogP contribution in [0.25, 0.3) is 0 Å². The molecule has 1 aromatic rings. The van der Waals surface area contributed by atoms with Crippen LogP contribution in [0.2, 0.25) is 0 Å². The molecule has 1 unspecified atom stereocenters. The Kier molecular flexibility index (Phi) is 4.79. The molecule has 0 N–H and O–H groups in total. The van der Waals surface area contributed by atoms with Crippen LogP contribution in [-0.4, -0.2) is 19.9 Å². The van der Waals surface area contributed by atoms with Crippen LogP contribution in [0.1, 0.15) is 20.8 Å². The smallest absolute Gasteiger partial charge is 0.201 e. The molecule has 1 aromatic carbocycles. The molecule has 0 aromatic heterocycles. The monoisotopic (exact) mass is 244 g/mol. The minimum Gasteiger partial charge on any atom is -0.238 e. The van der Waals surface area contributed by atoms with E-state index in [4.69, 9.17) is 20.9 Å². The molecule has 1 rings (SSSR count). The molecule has 0 aliphatic rings. The van der Waals surface area contributed by atoms with Crippen molar-refractivity contribution < 1.29 is 9.78 Å². The number of halogens is 1. The second kappa shape index (κ2) is 5.65. The molecule has 0 radical (unpaired) electrons. The van der Waals surface area contributed by atoms with Crippen LogP contribution < -0.4 is 5.19 Å². The van der Waals surface area contributed by atoms with Gasteiger partial charge in [-0.2, -0.15) is 11.1 Å². The second-order valence-electron chi connectivity index (χ2n) is 4.36. The van der Waals surface area contributed by atoms with Gasteiger partial charge in [-0.15, -0.1) is 0 Å². The van der Waals surface area contributed by atoms with E-state index in [2.05, 4.69) is 0 Å². The largest absolute Gasteiger partial charge is 0.238 e. The van der Waals surface area contributed by atoms with Crippen LogP contribution in [0.15, 0.2) is 30.3 Å². The molecular weight excluding hydrogens is 228 g/mol. The maximum atomic E-state index is 6.27. The van der Waals surface area contributed by atoms with Gasteiger partial charge >= 0.3 is 0 Å². The van der Waals surface area contributed by atoms with Gasteiger partial charge in [0, 0.05) is 0 Å². The highest BCUT2D eigenvalue weighted by atomic mass is 35.6. The van der Waals surface area contributed by atoms with Crippen molar-refractivity contribution in [3.63, 3.8) is 0 Å². The van der Waals surface area contributed by atoms with E-state index in [0.29, 0.717) is 6.23 Å². The van der Waals surface area contributed by atoms with E-state index in [1.807, 2.05) is 51.1 Å². The van der Waals surface area contributed by atoms with Crippen molar-refractivity contribution >= 4 is 24.4 Å². The van der Waals surface area contributed by atoms with Crippen molar-refractivity contribution in [2.45, 2.75) is 26.4 Å². The zero-order chi connectivity index (χ0) is 11.3. The lowest BCUT2D eigenvalue weighted by Crippen LogP contribution is -2.31. The second-order valence-corrected chi connectivity index (χ2v) is 7.87. The van der Waals surface area contributed by atoms with Gasteiger partial charge in [0.05, 0.1) is 11.8 Å². The van der Waals surface area contributed by atoms with Crippen molar-refractivity contribution in [2.24, 2.45) is 0 Å². The SMILES string of the molecule is CC(C)(C)OOC[SiH](Cl)c1ccccc1. The Hall–Kier alpha value is -0.353. The average molecular weight is 245 g/mol. The van der Waals surface area contributed by atoms with Crippen molar-refractivity contribution in [3.8, 4) is 0 Å². The Morgan fingerprint density at radius 1 is 1.20 bits per heavy atom. The van der Waals surface area contributed by atoms with E-state index < -0.39 is 8.11 Å². The van der Waals surface area contributed by atoms with Gasteiger partial charge in [-0.3, -0.25) is 0 Å². The van der Waals surface area contributed by atoms with Crippen molar-refractivity contribution in [2.75, 3.05) is 6.23 Å². The summed E-state index contributed by atoms with van der Waals surface area (Å²) in [4.78, 5) is 10.3. The van der Waals surface area contributed by atoms with Gasteiger partial charge in [-0.25, -0.2) is 9.78 Å². The summed E-state index contributed by atoms with van der Waals surface area (Å²) in [5, 5.41) is 1.18. The van der Waals surface area contributed by atoms with Gasteiger partial charge in [-0.05, 0) is 26.0 Å². The molecule has 4 heteroatoms. The minimum atomic E-state index is -1.52. The minimum absolute atomic E-state index is 0.276. The van der Waals surface area contributed by atoms with Crippen LogP contribution >= 0.6 is 11.1 Å². The first kappa shape index (κ1) is 12.7. The van der Waals surface area contributed by atoms with E-state index in [1.165, 1.54) is 5.19 Å². The third kappa shape index (κ3) is 5.32. The molecule has 0 heterocycles. The number of hydrogen-bond acceptors (Lipinski definition) is 2. The average Bonchev–Trinajstić information content (AvgIpc) is 2.17. The van der Waals surface area contributed by atoms with E-state index in [1.54, 1.807) is 0 Å². The Labute approximate surface area is 97.4 Å². The standard InChI is InChI=1S/C11H17ClO2Si/c1-11(2,3)14-13-9-15(12)10-7-5-4-6-8-10/h4-8,15H,9H2,1-3H3. The maximum absolute atomic E-state index is 6.27. The highest BCUT2D eigenvalue weighted by Crippen LogP contribution is 2.07. The number of benzene rings is 1. The van der Waals surface area contributed by atoms with E-state index in [-0.39, 0.29) is 5.60 Å². The summed E-state index contributed by atoms with van der Waals surface area (Å²) >= 11 is 6.27. The molecule has 84 valence electrons. The molecule has 0 aliphatic carbocycles. The third-order valence-corrected chi connectivity index (χ3v) is 4.36.